The second kappa shape index (κ2) is 6.83. The van der Waals surface area contributed by atoms with Crippen molar-refractivity contribution < 1.29 is 13.5 Å². The molecule has 0 saturated carbocycles. The molecule has 0 atom stereocenters. The maximum atomic E-state index is 12.4. The van der Waals surface area contributed by atoms with Gasteiger partial charge >= 0.3 is 0 Å². The van der Waals surface area contributed by atoms with Crippen molar-refractivity contribution in [2.45, 2.75) is 31.2 Å². The molecule has 0 amide bonds. The van der Waals surface area contributed by atoms with Gasteiger partial charge in [-0.2, -0.15) is 4.31 Å². The third-order valence-corrected chi connectivity index (χ3v) is 5.34. The molecule has 0 fully saturated rings. The highest BCUT2D eigenvalue weighted by Gasteiger charge is 2.26. The van der Waals surface area contributed by atoms with Crippen LogP contribution in [0.4, 0.5) is 0 Å². The van der Waals surface area contributed by atoms with Crippen LogP contribution in [0.15, 0.2) is 29.2 Å². The monoisotopic (exact) mass is 383 g/mol. The molecule has 0 bridgehead atoms. The lowest BCUT2D eigenvalue weighted by molar-refractivity contribution is 0.258. The Morgan fingerprint density at radius 1 is 1.28 bits per heavy atom. The van der Waals surface area contributed by atoms with Crippen LogP contribution in [0.1, 0.15) is 20.3 Å². The molecular formula is C12H18INO3S. The predicted octanol–water partition coefficient (Wildman–Crippen LogP) is 2.07. The Morgan fingerprint density at radius 2 is 1.83 bits per heavy atom. The van der Waals surface area contributed by atoms with Crippen molar-refractivity contribution in [3.63, 3.8) is 0 Å². The fraction of sp³-hybridized carbons (Fsp3) is 0.500. The molecule has 1 N–H and O–H groups in total. The summed E-state index contributed by atoms with van der Waals surface area (Å²) in [6, 6.07) is 6.66. The Balaban J connectivity index is 3.05. The Morgan fingerprint density at radius 3 is 2.28 bits per heavy atom. The number of rotatable bonds is 6. The summed E-state index contributed by atoms with van der Waals surface area (Å²) in [6.07, 6.45) is 0.446. The summed E-state index contributed by atoms with van der Waals surface area (Å²) in [5, 5.41) is 8.85. The maximum Gasteiger partial charge on any atom is 0.243 e. The van der Waals surface area contributed by atoms with Gasteiger partial charge in [0.2, 0.25) is 10.0 Å². The van der Waals surface area contributed by atoms with Crippen LogP contribution < -0.4 is 0 Å². The van der Waals surface area contributed by atoms with Gasteiger partial charge in [-0.25, -0.2) is 8.42 Å². The average Bonchev–Trinajstić information content (AvgIpc) is 2.29. The normalized spacial score (nSPS) is 12.3. The Labute approximate surface area is 122 Å². The van der Waals surface area contributed by atoms with Gasteiger partial charge in [0, 0.05) is 22.8 Å². The second-order valence-electron chi connectivity index (χ2n) is 4.24. The van der Waals surface area contributed by atoms with Crippen molar-refractivity contribution >= 4 is 32.6 Å². The number of halogens is 1. The van der Waals surface area contributed by atoms with E-state index < -0.39 is 10.0 Å². The van der Waals surface area contributed by atoms with Gasteiger partial charge in [-0.05, 0) is 67.1 Å². The highest BCUT2D eigenvalue weighted by Crippen LogP contribution is 2.19. The minimum Gasteiger partial charge on any atom is -0.396 e. The fourth-order valence-electron chi connectivity index (χ4n) is 1.62. The number of hydrogen-bond acceptors (Lipinski definition) is 3. The van der Waals surface area contributed by atoms with Gasteiger partial charge in [0.05, 0.1) is 4.90 Å². The molecule has 18 heavy (non-hydrogen) atoms. The number of benzene rings is 1. The lowest BCUT2D eigenvalue weighted by Gasteiger charge is -2.25. The summed E-state index contributed by atoms with van der Waals surface area (Å²) in [5.41, 5.74) is 0. The first-order valence-corrected chi connectivity index (χ1v) is 8.29. The van der Waals surface area contributed by atoms with Crippen molar-refractivity contribution in [1.29, 1.82) is 0 Å². The molecule has 0 radical (unpaired) electrons. The van der Waals surface area contributed by atoms with Gasteiger partial charge in [-0.3, -0.25) is 0 Å². The molecule has 0 aliphatic heterocycles. The van der Waals surface area contributed by atoms with E-state index in [2.05, 4.69) is 22.6 Å². The quantitative estimate of drug-likeness (QED) is 0.766. The van der Waals surface area contributed by atoms with E-state index in [9.17, 15) is 8.42 Å². The Bertz CT molecular complexity index is 471. The highest BCUT2D eigenvalue weighted by molar-refractivity contribution is 14.1. The molecule has 1 rings (SSSR count). The van der Waals surface area contributed by atoms with E-state index in [4.69, 9.17) is 5.11 Å². The zero-order valence-corrected chi connectivity index (χ0v) is 13.5. The van der Waals surface area contributed by atoms with Crippen LogP contribution in [0.25, 0.3) is 0 Å². The van der Waals surface area contributed by atoms with E-state index in [0.29, 0.717) is 17.9 Å². The van der Waals surface area contributed by atoms with Gasteiger partial charge in [0.15, 0.2) is 0 Å². The summed E-state index contributed by atoms with van der Waals surface area (Å²) in [5.74, 6) is 0. The van der Waals surface area contributed by atoms with Crippen LogP contribution in [0.2, 0.25) is 0 Å². The van der Waals surface area contributed by atoms with E-state index in [1.54, 1.807) is 24.3 Å². The van der Waals surface area contributed by atoms with Crippen molar-refractivity contribution in [2.24, 2.45) is 0 Å². The van der Waals surface area contributed by atoms with Crippen LogP contribution in [0.5, 0.6) is 0 Å². The van der Waals surface area contributed by atoms with E-state index >= 15 is 0 Å². The summed E-state index contributed by atoms with van der Waals surface area (Å²) >= 11 is 2.14. The Kier molecular flexibility index (Phi) is 6.03. The molecule has 102 valence electrons. The third-order valence-electron chi connectivity index (χ3n) is 2.53. The lowest BCUT2D eigenvalue weighted by atomic mass is 10.3. The van der Waals surface area contributed by atoms with Gasteiger partial charge in [-0.15, -0.1) is 0 Å². The van der Waals surface area contributed by atoms with E-state index in [1.165, 1.54) is 4.31 Å². The van der Waals surface area contributed by atoms with Crippen LogP contribution in [-0.2, 0) is 10.0 Å². The van der Waals surface area contributed by atoms with Gasteiger partial charge in [0.25, 0.3) is 0 Å². The minimum atomic E-state index is -3.47. The molecule has 1 aromatic rings. The van der Waals surface area contributed by atoms with Crippen LogP contribution in [0.3, 0.4) is 0 Å². The SMILES string of the molecule is CC(C)N(CCCO)S(=O)(=O)c1ccc(I)cc1. The molecule has 0 unspecified atom stereocenters. The van der Waals surface area contributed by atoms with Crippen LogP contribution >= 0.6 is 22.6 Å². The molecule has 4 nitrogen and oxygen atoms in total. The van der Waals surface area contributed by atoms with Crippen molar-refractivity contribution in [1.82, 2.24) is 4.31 Å². The third kappa shape index (κ3) is 3.91. The maximum absolute atomic E-state index is 12.4. The molecule has 6 heteroatoms. The van der Waals surface area contributed by atoms with E-state index in [1.807, 2.05) is 13.8 Å². The number of aliphatic hydroxyl groups excluding tert-OH is 1. The molecule has 0 saturated heterocycles. The van der Waals surface area contributed by atoms with Crippen molar-refractivity contribution in [3.05, 3.63) is 27.8 Å². The first kappa shape index (κ1) is 15.9. The summed E-state index contributed by atoms with van der Waals surface area (Å²) in [6.45, 7) is 4.00. The molecule has 0 aliphatic rings. The average molecular weight is 383 g/mol. The summed E-state index contributed by atoms with van der Waals surface area (Å²) in [7, 11) is -3.47. The zero-order chi connectivity index (χ0) is 13.8. The lowest BCUT2D eigenvalue weighted by Crippen LogP contribution is -2.38. The molecule has 1 aromatic carbocycles. The molecule has 0 aliphatic carbocycles. The van der Waals surface area contributed by atoms with Gasteiger partial charge in [-0.1, -0.05) is 0 Å². The predicted molar refractivity (Wildman–Crippen MR) is 79.9 cm³/mol. The van der Waals surface area contributed by atoms with Crippen LogP contribution in [0, 0.1) is 3.57 Å². The number of sulfonamides is 1. The standard InChI is InChI=1S/C12H18INO3S/c1-10(2)14(8-3-9-15)18(16,17)12-6-4-11(13)5-7-12/h4-7,10,15H,3,8-9H2,1-2H3. The minimum absolute atomic E-state index is 0.00850. The molecule has 0 spiro atoms. The Hall–Kier alpha value is -0.180. The largest absolute Gasteiger partial charge is 0.396 e. The molecule has 0 heterocycles. The number of nitrogens with zero attached hydrogens (tertiary/aromatic N) is 1. The van der Waals surface area contributed by atoms with E-state index in [0.717, 1.165) is 3.57 Å². The van der Waals surface area contributed by atoms with Crippen LogP contribution in [-0.4, -0.2) is 37.0 Å². The summed E-state index contributed by atoms with van der Waals surface area (Å²) in [4.78, 5) is 0.301. The van der Waals surface area contributed by atoms with Crippen molar-refractivity contribution in [3.8, 4) is 0 Å². The molecular weight excluding hydrogens is 365 g/mol. The second-order valence-corrected chi connectivity index (χ2v) is 7.38. The summed E-state index contributed by atoms with van der Waals surface area (Å²) < 4.78 is 27.3. The molecule has 0 aromatic heterocycles. The van der Waals surface area contributed by atoms with Gasteiger partial charge in [0.1, 0.15) is 0 Å². The zero-order valence-electron chi connectivity index (χ0n) is 10.5. The van der Waals surface area contributed by atoms with Gasteiger partial charge < -0.3 is 5.11 Å². The first-order chi connectivity index (χ1) is 8.39. The number of aliphatic hydroxyl groups is 1. The fourth-order valence-corrected chi connectivity index (χ4v) is 3.66. The smallest absolute Gasteiger partial charge is 0.243 e. The van der Waals surface area contributed by atoms with E-state index in [-0.39, 0.29) is 12.6 Å². The topological polar surface area (TPSA) is 57.6 Å². The first-order valence-electron chi connectivity index (χ1n) is 5.78. The number of hydrogen-bond donors (Lipinski definition) is 1. The highest BCUT2D eigenvalue weighted by atomic mass is 127. The van der Waals surface area contributed by atoms with Crippen molar-refractivity contribution in [2.75, 3.05) is 13.2 Å².